The minimum Gasteiger partial charge on any atom is -0.384 e. The molecule has 70 valence electrons. The maximum absolute atomic E-state index is 5.76. The van der Waals surface area contributed by atoms with Crippen molar-refractivity contribution in [2.45, 2.75) is 0 Å². The summed E-state index contributed by atoms with van der Waals surface area (Å²) in [5.74, 6) is 1.08. The molecule has 2 rings (SSSR count). The van der Waals surface area contributed by atoms with Crippen LogP contribution in [0.15, 0.2) is 36.5 Å². The molecule has 1 aromatic heterocycles. The average Bonchev–Trinajstić information content (AvgIpc) is 2.19. The molecule has 0 aliphatic carbocycles. The molecule has 1 heterocycles. The summed E-state index contributed by atoms with van der Waals surface area (Å²) >= 11 is 5.76. The molecule has 2 aromatic rings. The number of nitrogen functional groups attached to an aromatic ring is 1. The molecule has 1 aromatic carbocycles. The molecule has 0 spiro atoms. The summed E-state index contributed by atoms with van der Waals surface area (Å²) in [4.78, 5) is 8.20. The third kappa shape index (κ3) is 1.83. The summed E-state index contributed by atoms with van der Waals surface area (Å²) in [7, 11) is 0. The Labute approximate surface area is 86.6 Å². The lowest BCUT2D eigenvalue weighted by Crippen LogP contribution is -1.93. The van der Waals surface area contributed by atoms with E-state index in [1.807, 2.05) is 12.1 Å². The van der Waals surface area contributed by atoms with Gasteiger partial charge in [0.25, 0.3) is 0 Å². The zero-order chi connectivity index (χ0) is 9.97. The minimum absolute atomic E-state index is 0.463. The molecular weight excluding hydrogens is 198 g/mol. The Hall–Kier alpha value is -1.61. The van der Waals surface area contributed by atoms with Crippen LogP contribution in [0.2, 0.25) is 5.02 Å². The number of aromatic nitrogens is 2. The van der Waals surface area contributed by atoms with Gasteiger partial charge in [-0.25, -0.2) is 9.97 Å². The molecule has 14 heavy (non-hydrogen) atoms. The number of halogens is 1. The topological polar surface area (TPSA) is 51.8 Å². The first-order chi connectivity index (χ1) is 6.75. The van der Waals surface area contributed by atoms with Crippen LogP contribution in [0.3, 0.4) is 0 Å². The van der Waals surface area contributed by atoms with Crippen molar-refractivity contribution < 1.29 is 0 Å². The summed E-state index contributed by atoms with van der Waals surface area (Å²) in [5, 5.41) is 0.692. The van der Waals surface area contributed by atoms with Crippen LogP contribution in [-0.4, -0.2) is 9.97 Å². The van der Waals surface area contributed by atoms with Gasteiger partial charge in [0, 0.05) is 16.8 Å². The smallest absolute Gasteiger partial charge is 0.161 e. The van der Waals surface area contributed by atoms with Gasteiger partial charge >= 0.3 is 0 Å². The van der Waals surface area contributed by atoms with Crippen molar-refractivity contribution in [3.8, 4) is 11.4 Å². The molecule has 0 amide bonds. The highest BCUT2D eigenvalue weighted by atomic mass is 35.5. The molecular formula is C10H8ClN3. The van der Waals surface area contributed by atoms with Crippen LogP contribution >= 0.6 is 11.6 Å². The normalized spacial score (nSPS) is 10.1. The maximum Gasteiger partial charge on any atom is 0.161 e. The second kappa shape index (κ2) is 3.64. The highest BCUT2D eigenvalue weighted by Crippen LogP contribution is 2.17. The van der Waals surface area contributed by atoms with Crippen LogP contribution in [0, 0.1) is 0 Å². The summed E-state index contributed by atoms with van der Waals surface area (Å²) in [5.41, 5.74) is 6.45. The van der Waals surface area contributed by atoms with Crippen LogP contribution in [0.25, 0.3) is 11.4 Å². The van der Waals surface area contributed by atoms with E-state index in [9.17, 15) is 0 Å². The van der Waals surface area contributed by atoms with Crippen molar-refractivity contribution in [2.75, 3.05) is 5.73 Å². The minimum atomic E-state index is 0.463. The molecule has 3 nitrogen and oxygen atoms in total. The second-order valence-corrected chi connectivity index (χ2v) is 3.25. The Morgan fingerprint density at radius 2 is 1.79 bits per heavy atom. The zero-order valence-corrected chi connectivity index (χ0v) is 8.07. The first-order valence-corrected chi connectivity index (χ1v) is 4.48. The number of hydrogen-bond donors (Lipinski definition) is 1. The number of anilines is 1. The standard InChI is InChI=1S/C10H8ClN3/c11-8-3-1-7(2-4-8)10-13-6-5-9(12)14-10/h1-6H,(H2,12,13,14). The van der Waals surface area contributed by atoms with Crippen LogP contribution in [0.1, 0.15) is 0 Å². The van der Waals surface area contributed by atoms with Crippen molar-refractivity contribution in [1.29, 1.82) is 0 Å². The molecule has 0 atom stereocenters. The first kappa shape index (κ1) is 8.97. The molecule has 4 heteroatoms. The fourth-order valence-electron chi connectivity index (χ4n) is 1.11. The van der Waals surface area contributed by atoms with Crippen molar-refractivity contribution in [3.63, 3.8) is 0 Å². The number of rotatable bonds is 1. The number of nitrogens with zero attached hydrogens (tertiary/aromatic N) is 2. The average molecular weight is 206 g/mol. The summed E-state index contributed by atoms with van der Waals surface area (Å²) in [6.45, 7) is 0. The molecule has 0 bridgehead atoms. The van der Waals surface area contributed by atoms with Gasteiger partial charge < -0.3 is 5.73 Å². The lowest BCUT2D eigenvalue weighted by atomic mass is 10.2. The van der Waals surface area contributed by atoms with E-state index in [0.29, 0.717) is 16.7 Å². The van der Waals surface area contributed by atoms with Crippen LogP contribution < -0.4 is 5.73 Å². The van der Waals surface area contributed by atoms with Gasteiger partial charge in [0.15, 0.2) is 5.82 Å². The van der Waals surface area contributed by atoms with Crippen molar-refractivity contribution in [3.05, 3.63) is 41.6 Å². The van der Waals surface area contributed by atoms with E-state index in [1.165, 1.54) is 0 Å². The summed E-state index contributed by atoms with van der Waals surface area (Å²) in [6.07, 6.45) is 1.63. The van der Waals surface area contributed by atoms with Crippen molar-refractivity contribution >= 4 is 17.4 Å². The Morgan fingerprint density at radius 1 is 1.07 bits per heavy atom. The predicted molar refractivity (Wildman–Crippen MR) is 56.9 cm³/mol. The third-order valence-electron chi connectivity index (χ3n) is 1.78. The van der Waals surface area contributed by atoms with E-state index in [2.05, 4.69) is 9.97 Å². The Morgan fingerprint density at radius 3 is 2.43 bits per heavy atom. The number of nitrogens with two attached hydrogens (primary N) is 1. The van der Waals surface area contributed by atoms with Gasteiger partial charge in [0.1, 0.15) is 5.82 Å². The molecule has 2 N–H and O–H groups in total. The van der Waals surface area contributed by atoms with E-state index in [0.717, 1.165) is 5.56 Å². The highest BCUT2D eigenvalue weighted by Gasteiger charge is 2.00. The molecule has 0 saturated heterocycles. The predicted octanol–water partition coefficient (Wildman–Crippen LogP) is 2.38. The lowest BCUT2D eigenvalue weighted by molar-refractivity contribution is 1.18. The van der Waals surface area contributed by atoms with E-state index >= 15 is 0 Å². The summed E-state index contributed by atoms with van der Waals surface area (Å²) < 4.78 is 0. The van der Waals surface area contributed by atoms with Crippen LogP contribution in [-0.2, 0) is 0 Å². The fourth-order valence-corrected chi connectivity index (χ4v) is 1.24. The van der Waals surface area contributed by atoms with E-state index in [1.54, 1.807) is 24.4 Å². The van der Waals surface area contributed by atoms with Gasteiger partial charge in [-0.3, -0.25) is 0 Å². The lowest BCUT2D eigenvalue weighted by Gasteiger charge is -2.00. The van der Waals surface area contributed by atoms with Gasteiger partial charge in [-0.2, -0.15) is 0 Å². The van der Waals surface area contributed by atoms with Crippen LogP contribution in [0.5, 0.6) is 0 Å². The Bertz CT molecular complexity index is 439. The highest BCUT2D eigenvalue weighted by molar-refractivity contribution is 6.30. The van der Waals surface area contributed by atoms with Gasteiger partial charge in [-0.15, -0.1) is 0 Å². The number of hydrogen-bond acceptors (Lipinski definition) is 3. The largest absolute Gasteiger partial charge is 0.384 e. The molecule has 0 unspecified atom stereocenters. The van der Waals surface area contributed by atoms with Gasteiger partial charge in [-0.05, 0) is 30.3 Å². The van der Waals surface area contributed by atoms with E-state index < -0.39 is 0 Å². The first-order valence-electron chi connectivity index (χ1n) is 4.10. The van der Waals surface area contributed by atoms with Crippen molar-refractivity contribution in [1.82, 2.24) is 9.97 Å². The van der Waals surface area contributed by atoms with E-state index in [4.69, 9.17) is 17.3 Å². The van der Waals surface area contributed by atoms with Crippen molar-refractivity contribution in [2.24, 2.45) is 0 Å². The zero-order valence-electron chi connectivity index (χ0n) is 7.31. The van der Waals surface area contributed by atoms with Gasteiger partial charge in [0.2, 0.25) is 0 Å². The molecule has 0 radical (unpaired) electrons. The molecule has 0 fully saturated rings. The molecule has 0 saturated carbocycles. The Balaban J connectivity index is 2.44. The quantitative estimate of drug-likeness (QED) is 0.778. The SMILES string of the molecule is Nc1ccnc(-c2ccc(Cl)cc2)n1. The van der Waals surface area contributed by atoms with Gasteiger partial charge in [0.05, 0.1) is 0 Å². The van der Waals surface area contributed by atoms with Gasteiger partial charge in [-0.1, -0.05) is 11.6 Å². The second-order valence-electron chi connectivity index (χ2n) is 2.81. The molecule has 0 aliphatic rings. The molecule has 0 aliphatic heterocycles. The number of benzene rings is 1. The maximum atomic E-state index is 5.76. The van der Waals surface area contributed by atoms with Crippen LogP contribution in [0.4, 0.5) is 5.82 Å². The fraction of sp³-hybridized carbons (Fsp3) is 0. The third-order valence-corrected chi connectivity index (χ3v) is 2.03. The monoisotopic (exact) mass is 205 g/mol. The Kier molecular flexibility index (Phi) is 2.33. The summed E-state index contributed by atoms with van der Waals surface area (Å²) in [6, 6.07) is 8.96. The van der Waals surface area contributed by atoms with E-state index in [-0.39, 0.29) is 0 Å².